The Balaban J connectivity index is 1.86. The molecule has 0 bridgehead atoms. The molecule has 0 aliphatic carbocycles. The lowest BCUT2D eigenvalue weighted by Crippen LogP contribution is -2.36. The highest BCUT2D eigenvalue weighted by Crippen LogP contribution is 2.31. The largest absolute Gasteiger partial charge is 0.347 e. The van der Waals surface area contributed by atoms with Crippen LogP contribution in [0.25, 0.3) is 10.9 Å². The molecule has 100 valence electrons. The number of rotatable bonds is 1. The lowest BCUT2D eigenvalue weighted by Gasteiger charge is -2.31. The SMILES string of the molecule is CC(=O)N1CCC(c2cc3ccccc3n2C)CC1. The fourth-order valence-electron chi connectivity index (χ4n) is 3.19. The van der Waals surface area contributed by atoms with Crippen molar-refractivity contribution in [3.8, 4) is 0 Å². The maximum atomic E-state index is 11.4. The van der Waals surface area contributed by atoms with Crippen LogP contribution in [0.5, 0.6) is 0 Å². The van der Waals surface area contributed by atoms with Crippen molar-refractivity contribution in [1.82, 2.24) is 9.47 Å². The molecule has 3 nitrogen and oxygen atoms in total. The zero-order chi connectivity index (χ0) is 13.4. The molecular weight excluding hydrogens is 236 g/mol. The summed E-state index contributed by atoms with van der Waals surface area (Å²) in [5.74, 6) is 0.781. The van der Waals surface area contributed by atoms with Gasteiger partial charge in [-0.1, -0.05) is 18.2 Å². The summed E-state index contributed by atoms with van der Waals surface area (Å²) in [5, 5.41) is 1.31. The quantitative estimate of drug-likeness (QED) is 0.770. The topological polar surface area (TPSA) is 25.2 Å². The molecule has 2 heterocycles. The third-order valence-electron chi connectivity index (χ3n) is 4.35. The Hall–Kier alpha value is -1.77. The number of carbonyl (C=O) groups excluding carboxylic acids is 1. The number of hydrogen-bond donors (Lipinski definition) is 0. The van der Waals surface area contributed by atoms with Gasteiger partial charge in [0.15, 0.2) is 0 Å². The van der Waals surface area contributed by atoms with Crippen molar-refractivity contribution in [1.29, 1.82) is 0 Å². The van der Waals surface area contributed by atoms with Gasteiger partial charge < -0.3 is 9.47 Å². The minimum atomic E-state index is 0.204. The van der Waals surface area contributed by atoms with Crippen LogP contribution in [0.3, 0.4) is 0 Å². The summed E-state index contributed by atoms with van der Waals surface area (Å²) in [6.45, 7) is 3.44. The van der Waals surface area contributed by atoms with Crippen molar-refractivity contribution in [3.63, 3.8) is 0 Å². The van der Waals surface area contributed by atoms with E-state index in [1.54, 1.807) is 6.92 Å². The van der Waals surface area contributed by atoms with Crippen molar-refractivity contribution >= 4 is 16.8 Å². The van der Waals surface area contributed by atoms with Crippen LogP contribution in [0.15, 0.2) is 30.3 Å². The first kappa shape index (κ1) is 12.3. The van der Waals surface area contributed by atoms with Crippen LogP contribution >= 0.6 is 0 Å². The van der Waals surface area contributed by atoms with E-state index in [0.717, 1.165) is 25.9 Å². The molecule has 1 aromatic carbocycles. The monoisotopic (exact) mass is 256 g/mol. The molecule has 1 amide bonds. The normalized spacial score (nSPS) is 17.1. The van der Waals surface area contributed by atoms with Gasteiger partial charge in [0.25, 0.3) is 0 Å². The molecule has 0 unspecified atom stereocenters. The molecule has 2 aromatic rings. The van der Waals surface area contributed by atoms with E-state index in [9.17, 15) is 4.79 Å². The average molecular weight is 256 g/mol. The molecule has 0 radical (unpaired) electrons. The summed E-state index contributed by atoms with van der Waals surface area (Å²) in [6.07, 6.45) is 2.15. The molecule has 0 saturated carbocycles. The number of piperidine rings is 1. The zero-order valence-electron chi connectivity index (χ0n) is 11.6. The lowest BCUT2D eigenvalue weighted by atomic mass is 9.93. The maximum Gasteiger partial charge on any atom is 0.219 e. The predicted molar refractivity (Wildman–Crippen MR) is 77.1 cm³/mol. The van der Waals surface area contributed by atoms with Crippen molar-refractivity contribution in [2.45, 2.75) is 25.7 Å². The molecule has 3 rings (SSSR count). The van der Waals surface area contributed by atoms with Crippen molar-refractivity contribution in [3.05, 3.63) is 36.0 Å². The number of nitrogens with zero attached hydrogens (tertiary/aromatic N) is 2. The summed E-state index contributed by atoms with van der Waals surface area (Å²) >= 11 is 0. The van der Waals surface area contributed by atoms with Gasteiger partial charge in [-0.25, -0.2) is 0 Å². The number of fused-ring (bicyclic) bond motifs is 1. The van der Waals surface area contributed by atoms with E-state index in [2.05, 4.69) is 41.9 Å². The molecule has 1 aliphatic rings. The summed E-state index contributed by atoms with van der Waals surface area (Å²) in [5.41, 5.74) is 2.70. The molecule has 0 atom stereocenters. The average Bonchev–Trinajstić information content (AvgIpc) is 2.77. The van der Waals surface area contributed by atoms with Crippen molar-refractivity contribution < 1.29 is 4.79 Å². The summed E-state index contributed by atoms with van der Waals surface area (Å²) < 4.78 is 2.31. The van der Waals surface area contributed by atoms with Gasteiger partial charge in [-0.05, 0) is 30.4 Å². The Morgan fingerprint density at radius 1 is 1.21 bits per heavy atom. The first-order valence-corrected chi connectivity index (χ1v) is 6.96. The standard InChI is InChI=1S/C16H20N2O/c1-12(19)18-9-7-13(8-10-18)16-11-14-5-3-4-6-15(14)17(16)2/h3-6,11,13H,7-10H2,1-2H3. The first-order valence-electron chi connectivity index (χ1n) is 6.96. The molecule has 1 fully saturated rings. The van der Waals surface area contributed by atoms with Crippen LogP contribution in [0, 0.1) is 0 Å². The zero-order valence-corrected chi connectivity index (χ0v) is 11.6. The van der Waals surface area contributed by atoms with Crippen LogP contribution in [-0.2, 0) is 11.8 Å². The van der Waals surface area contributed by atoms with Crippen LogP contribution in [0.1, 0.15) is 31.4 Å². The van der Waals surface area contributed by atoms with Crippen LogP contribution in [-0.4, -0.2) is 28.5 Å². The molecule has 0 spiro atoms. The summed E-state index contributed by atoms with van der Waals surface area (Å²) in [7, 11) is 2.15. The fraction of sp³-hybridized carbons (Fsp3) is 0.438. The molecule has 0 N–H and O–H groups in total. The Morgan fingerprint density at radius 3 is 2.53 bits per heavy atom. The number of likely N-dealkylation sites (tertiary alicyclic amines) is 1. The van der Waals surface area contributed by atoms with E-state index in [-0.39, 0.29) is 5.91 Å². The smallest absolute Gasteiger partial charge is 0.219 e. The highest BCUT2D eigenvalue weighted by molar-refractivity contribution is 5.81. The van der Waals surface area contributed by atoms with Gasteiger partial charge in [0.1, 0.15) is 0 Å². The second-order valence-electron chi connectivity index (χ2n) is 5.47. The summed E-state index contributed by atoms with van der Waals surface area (Å²) in [4.78, 5) is 13.3. The number of benzene rings is 1. The van der Waals surface area contributed by atoms with Crippen molar-refractivity contribution in [2.75, 3.05) is 13.1 Å². The third kappa shape index (κ3) is 2.14. The van der Waals surface area contributed by atoms with Crippen LogP contribution < -0.4 is 0 Å². The Bertz CT molecular complexity index is 606. The number of para-hydroxylation sites is 1. The number of amides is 1. The second kappa shape index (κ2) is 4.72. The van der Waals surface area contributed by atoms with Gasteiger partial charge in [0.2, 0.25) is 5.91 Å². The van der Waals surface area contributed by atoms with Crippen molar-refractivity contribution in [2.24, 2.45) is 7.05 Å². The minimum Gasteiger partial charge on any atom is -0.347 e. The summed E-state index contributed by atoms with van der Waals surface area (Å²) in [6, 6.07) is 10.8. The van der Waals surface area contributed by atoms with Gasteiger partial charge in [-0.15, -0.1) is 0 Å². The van der Waals surface area contributed by atoms with Gasteiger partial charge in [-0.3, -0.25) is 4.79 Å². The van der Waals surface area contributed by atoms with E-state index in [0.29, 0.717) is 5.92 Å². The van der Waals surface area contributed by atoms with E-state index in [1.165, 1.54) is 16.6 Å². The van der Waals surface area contributed by atoms with Gasteiger partial charge in [0.05, 0.1) is 0 Å². The predicted octanol–water partition coefficient (Wildman–Crippen LogP) is 2.90. The highest BCUT2D eigenvalue weighted by atomic mass is 16.2. The number of aryl methyl sites for hydroxylation is 1. The number of aromatic nitrogens is 1. The number of carbonyl (C=O) groups is 1. The van der Waals surface area contributed by atoms with Crippen LogP contribution in [0.4, 0.5) is 0 Å². The first-order chi connectivity index (χ1) is 9.16. The Labute approximate surface area is 113 Å². The lowest BCUT2D eigenvalue weighted by molar-refractivity contribution is -0.129. The third-order valence-corrected chi connectivity index (χ3v) is 4.35. The van der Waals surface area contributed by atoms with Gasteiger partial charge in [0, 0.05) is 44.2 Å². The molecule has 3 heteroatoms. The highest BCUT2D eigenvalue weighted by Gasteiger charge is 2.24. The molecule has 1 aromatic heterocycles. The Morgan fingerprint density at radius 2 is 1.89 bits per heavy atom. The minimum absolute atomic E-state index is 0.204. The van der Waals surface area contributed by atoms with E-state index in [4.69, 9.17) is 0 Å². The number of hydrogen-bond acceptors (Lipinski definition) is 1. The second-order valence-corrected chi connectivity index (χ2v) is 5.47. The van der Waals surface area contributed by atoms with Gasteiger partial charge in [-0.2, -0.15) is 0 Å². The Kier molecular flexibility index (Phi) is 3.05. The van der Waals surface area contributed by atoms with E-state index < -0.39 is 0 Å². The van der Waals surface area contributed by atoms with Gasteiger partial charge >= 0.3 is 0 Å². The van der Waals surface area contributed by atoms with Crippen LogP contribution in [0.2, 0.25) is 0 Å². The molecule has 1 saturated heterocycles. The maximum absolute atomic E-state index is 11.4. The molecule has 1 aliphatic heterocycles. The van der Waals surface area contributed by atoms with E-state index in [1.807, 2.05) is 4.90 Å². The van der Waals surface area contributed by atoms with E-state index >= 15 is 0 Å². The fourth-order valence-corrected chi connectivity index (χ4v) is 3.19. The molecule has 19 heavy (non-hydrogen) atoms. The molecular formula is C16H20N2O.